The molecule has 0 aliphatic heterocycles. The molecule has 112 valence electrons. The van der Waals surface area contributed by atoms with Gasteiger partial charge in [0.2, 0.25) is 0 Å². The molecular weight excluding hydrogens is 287 g/mol. The largest absolute Gasteiger partial charge is 0.397 e. The van der Waals surface area contributed by atoms with Crippen LogP contribution in [0, 0.1) is 17.7 Å². The van der Waals surface area contributed by atoms with Crippen LogP contribution in [0.1, 0.15) is 35.9 Å². The molecule has 21 heavy (non-hydrogen) atoms. The van der Waals surface area contributed by atoms with Crippen molar-refractivity contribution in [3.05, 3.63) is 28.9 Å². The molecule has 3 nitrogen and oxygen atoms in total. The number of carbonyl (C=O) groups is 1. The number of hydrogen-bond acceptors (Lipinski definition) is 3. The molecule has 3 rings (SSSR count). The minimum atomic E-state index is -0.371. The van der Waals surface area contributed by atoms with Crippen molar-refractivity contribution in [1.29, 1.82) is 0 Å². The summed E-state index contributed by atoms with van der Waals surface area (Å²) in [5, 5.41) is 3.32. The van der Waals surface area contributed by atoms with Gasteiger partial charge < -0.3 is 11.1 Å². The number of nitrogen functional groups attached to an aromatic ring is 1. The summed E-state index contributed by atoms with van der Waals surface area (Å²) in [7, 11) is 0. The SMILES string of the molecule is CC1CCCC1CNC(=O)c1sc2cccc(F)c2c1N. The van der Waals surface area contributed by atoms with E-state index in [4.69, 9.17) is 5.73 Å². The van der Waals surface area contributed by atoms with Crippen LogP contribution in [0.25, 0.3) is 10.1 Å². The molecule has 1 amide bonds. The van der Waals surface area contributed by atoms with Gasteiger partial charge in [0.1, 0.15) is 10.7 Å². The number of fused-ring (bicyclic) bond motifs is 1. The minimum Gasteiger partial charge on any atom is -0.397 e. The Balaban J connectivity index is 1.78. The highest BCUT2D eigenvalue weighted by molar-refractivity contribution is 7.21. The van der Waals surface area contributed by atoms with Crippen molar-refractivity contribution in [2.45, 2.75) is 26.2 Å². The van der Waals surface area contributed by atoms with E-state index in [0.29, 0.717) is 33.3 Å². The molecule has 2 atom stereocenters. The first kappa shape index (κ1) is 14.3. The lowest BCUT2D eigenvalue weighted by Gasteiger charge is -2.15. The van der Waals surface area contributed by atoms with Crippen LogP contribution in [0.5, 0.6) is 0 Å². The van der Waals surface area contributed by atoms with Gasteiger partial charge in [-0.2, -0.15) is 0 Å². The van der Waals surface area contributed by atoms with Gasteiger partial charge in [0, 0.05) is 11.2 Å². The first-order valence-electron chi connectivity index (χ1n) is 7.32. The smallest absolute Gasteiger partial charge is 0.263 e. The van der Waals surface area contributed by atoms with Gasteiger partial charge in [0.15, 0.2) is 0 Å². The summed E-state index contributed by atoms with van der Waals surface area (Å²) in [6, 6.07) is 4.79. The molecule has 1 saturated carbocycles. The Morgan fingerprint density at radius 1 is 1.48 bits per heavy atom. The lowest BCUT2D eigenvalue weighted by atomic mass is 9.98. The molecule has 1 aromatic carbocycles. The van der Waals surface area contributed by atoms with Crippen LogP contribution in [0.2, 0.25) is 0 Å². The van der Waals surface area contributed by atoms with Gasteiger partial charge in [-0.25, -0.2) is 4.39 Å². The molecular formula is C16H19FN2OS. The number of nitrogens with two attached hydrogens (primary N) is 1. The second-order valence-corrected chi connectivity index (χ2v) is 6.89. The van der Waals surface area contributed by atoms with E-state index < -0.39 is 0 Å². The van der Waals surface area contributed by atoms with E-state index in [1.807, 2.05) is 0 Å². The fraction of sp³-hybridized carbons (Fsp3) is 0.438. The summed E-state index contributed by atoms with van der Waals surface area (Å²) in [6.45, 7) is 2.91. The molecule has 0 radical (unpaired) electrons. The Labute approximate surface area is 127 Å². The average molecular weight is 306 g/mol. The summed E-state index contributed by atoms with van der Waals surface area (Å²) in [5.74, 6) is 0.640. The van der Waals surface area contributed by atoms with Crippen molar-refractivity contribution in [1.82, 2.24) is 5.32 Å². The third-order valence-electron chi connectivity index (χ3n) is 4.47. The standard InChI is InChI=1S/C16H19FN2OS/c1-9-4-2-5-10(9)8-19-16(20)15-14(18)13-11(17)6-3-7-12(13)21-15/h3,6-7,9-10H,2,4-5,8,18H2,1H3,(H,19,20). The van der Waals surface area contributed by atoms with Crippen LogP contribution in [0.3, 0.4) is 0 Å². The monoisotopic (exact) mass is 306 g/mol. The van der Waals surface area contributed by atoms with Gasteiger partial charge in [-0.1, -0.05) is 25.8 Å². The van der Waals surface area contributed by atoms with Gasteiger partial charge in [-0.05, 0) is 30.4 Å². The molecule has 0 bridgehead atoms. The van der Waals surface area contributed by atoms with Crippen LogP contribution in [-0.4, -0.2) is 12.5 Å². The summed E-state index contributed by atoms with van der Waals surface area (Å²) in [4.78, 5) is 12.7. The summed E-state index contributed by atoms with van der Waals surface area (Å²) >= 11 is 1.25. The second kappa shape index (κ2) is 5.64. The summed E-state index contributed by atoms with van der Waals surface area (Å²) in [5.41, 5.74) is 6.22. The zero-order valence-electron chi connectivity index (χ0n) is 12.0. The lowest BCUT2D eigenvalue weighted by molar-refractivity contribution is 0.0949. The number of carbonyl (C=O) groups excluding carboxylic acids is 1. The van der Waals surface area contributed by atoms with Crippen molar-refractivity contribution >= 4 is 33.0 Å². The zero-order chi connectivity index (χ0) is 15.0. The number of halogens is 1. The third-order valence-corrected chi connectivity index (χ3v) is 5.64. The van der Waals surface area contributed by atoms with E-state index in [9.17, 15) is 9.18 Å². The highest BCUT2D eigenvalue weighted by Gasteiger charge is 2.25. The predicted molar refractivity (Wildman–Crippen MR) is 85.0 cm³/mol. The highest BCUT2D eigenvalue weighted by Crippen LogP contribution is 2.35. The summed E-state index contributed by atoms with van der Waals surface area (Å²) < 4.78 is 14.5. The molecule has 1 heterocycles. The van der Waals surface area contributed by atoms with Crippen molar-refractivity contribution in [3.63, 3.8) is 0 Å². The first-order chi connectivity index (χ1) is 10.1. The number of benzene rings is 1. The zero-order valence-corrected chi connectivity index (χ0v) is 12.8. The maximum Gasteiger partial charge on any atom is 0.263 e. The van der Waals surface area contributed by atoms with Crippen LogP contribution in [-0.2, 0) is 0 Å². The molecule has 0 spiro atoms. The maximum atomic E-state index is 13.8. The van der Waals surface area contributed by atoms with E-state index >= 15 is 0 Å². The molecule has 5 heteroatoms. The lowest BCUT2D eigenvalue weighted by Crippen LogP contribution is -2.30. The molecule has 2 unspecified atom stereocenters. The van der Waals surface area contributed by atoms with Crippen molar-refractivity contribution in [3.8, 4) is 0 Å². The Hall–Kier alpha value is -1.62. The number of nitrogens with one attached hydrogen (secondary N) is 1. The molecule has 0 saturated heterocycles. The van der Waals surface area contributed by atoms with E-state index in [1.54, 1.807) is 12.1 Å². The normalized spacial score (nSPS) is 21.8. The fourth-order valence-electron chi connectivity index (χ4n) is 3.13. The van der Waals surface area contributed by atoms with E-state index in [2.05, 4.69) is 12.2 Å². The third kappa shape index (κ3) is 2.62. The van der Waals surface area contributed by atoms with E-state index in [-0.39, 0.29) is 17.4 Å². The number of hydrogen-bond donors (Lipinski definition) is 2. The van der Waals surface area contributed by atoms with Crippen LogP contribution >= 0.6 is 11.3 Å². The van der Waals surface area contributed by atoms with Crippen molar-refractivity contribution < 1.29 is 9.18 Å². The maximum absolute atomic E-state index is 13.8. The van der Waals surface area contributed by atoms with Crippen LogP contribution in [0.15, 0.2) is 18.2 Å². The number of amides is 1. The molecule has 2 aromatic rings. The summed E-state index contributed by atoms with van der Waals surface area (Å²) in [6.07, 6.45) is 3.63. The Kier molecular flexibility index (Phi) is 3.85. The Morgan fingerprint density at radius 2 is 2.29 bits per heavy atom. The van der Waals surface area contributed by atoms with Gasteiger partial charge in [-0.3, -0.25) is 4.79 Å². The van der Waals surface area contributed by atoms with Gasteiger partial charge in [0.05, 0.1) is 11.1 Å². The van der Waals surface area contributed by atoms with Gasteiger partial charge in [0.25, 0.3) is 5.91 Å². The van der Waals surface area contributed by atoms with E-state index in [1.165, 1.54) is 30.2 Å². The molecule has 1 aromatic heterocycles. The Morgan fingerprint density at radius 3 is 2.95 bits per heavy atom. The molecule has 3 N–H and O–H groups in total. The predicted octanol–water partition coefficient (Wildman–Crippen LogP) is 3.79. The van der Waals surface area contributed by atoms with Gasteiger partial charge in [-0.15, -0.1) is 11.3 Å². The number of anilines is 1. The van der Waals surface area contributed by atoms with E-state index in [0.717, 1.165) is 6.42 Å². The molecule has 1 aliphatic rings. The second-order valence-electron chi connectivity index (χ2n) is 5.84. The van der Waals surface area contributed by atoms with Gasteiger partial charge >= 0.3 is 0 Å². The Bertz CT molecular complexity index is 682. The number of rotatable bonds is 3. The van der Waals surface area contributed by atoms with Crippen molar-refractivity contribution in [2.24, 2.45) is 11.8 Å². The highest BCUT2D eigenvalue weighted by atomic mass is 32.1. The quantitative estimate of drug-likeness (QED) is 0.906. The van der Waals surface area contributed by atoms with Crippen LogP contribution in [0.4, 0.5) is 10.1 Å². The average Bonchev–Trinajstić information content (AvgIpc) is 3.01. The number of thiophene rings is 1. The fourth-order valence-corrected chi connectivity index (χ4v) is 4.18. The molecule has 1 aliphatic carbocycles. The topological polar surface area (TPSA) is 55.1 Å². The minimum absolute atomic E-state index is 0.188. The van der Waals surface area contributed by atoms with Crippen LogP contribution < -0.4 is 11.1 Å². The molecule has 1 fully saturated rings. The first-order valence-corrected chi connectivity index (χ1v) is 8.14. The van der Waals surface area contributed by atoms with Crippen molar-refractivity contribution in [2.75, 3.05) is 12.3 Å².